The minimum absolute atomic E-state index is 0.0520. The number of rotatable bonds is 9. The number of carbonyl (C=O) groups excluding carboxylic acids is 3. The van der Waals surface area contributed by atoms with Crippen LogP contribution in [0, 0.1) is 0 Å². The molecular weight excluding hydrogens is 356 g/mol. The van der Waals surface area contributed by atoms with Crippen molar-refractivity contribution >= 4 is 29.1 Å². The number of hydrogen-bond acceptors (Lipinski definition) is 4. The largest absolute Gasteiger partial charge is 0.376 e. The standard InChI is InChI=1S/C21H26N4O3/c1-3-4-12-23-21(28)15-8-10-17(11-9-15)25-19(26)14-24-18-7-5-6-16(13-18)20(27)22-2/h5-11,13,24H,3-4,12,14H2,1-2H3,(H,22,27)(H,23,28)(H,25,26). The molecule has 0 radical (unpaired) electrons. The molecule has 0 aliphatic rings. The summed E-state index contributed by atoms with van der Waals surface area (Å²) in [6.07, 6.45) is 1.97. The van der Waals surface area contributed by atoms with Gasteiger partial charge in [0, 0.05) is 36.1 Å². The number of anilines is 2. The van der Waals surface area contributed by atoms with Gasteiger partial charge in [0.25, 0.3) is 11.8 Å². The summed E-state index contributed by atoms with van der Waals surface area (Å²) >= 11 is 0. The van der Waals surface area contributed by atoms with Crippen LogP contribution in [0.4, 0.5) is 11.4 Å². The second kappa shape index (κ2) is 10.7. The van der Waals surface area contributed by atoms with Crippen molar-refractivity contribution in [1.82, 2.24) is 10.6 Å². The third-order valence-corrected chi connectivity index (χ3v) is 4.05. The normalized spacial score (nSPS) is 10.1. The van der Waals surface area contributed by atoms with Gasteiger partial charge in [-0.05, 0) is 48.9 Å². The Labute approximate surface area is 164 Å². The molecule has 7 heteroatoms. The molecule has 0 saturated heterocycles. The summed E-state index contributed by atoms with van der Waals surface area (Å²) in [6, 6.07) is 13.6. The molecule has 4 N–H and O–H groups in total. The molecular formula is C21H26N4O3. The van der Waals surface area contributed by atoms with E-state index in [1.54, 1.807) is 55.6 Å². The second-order valence-electron chi connectivity index (χ2n) is 6.25. The molecule has 0 atom stereocenters. The van der Waals surface area contributed by atoms with E-state index in [0.29, 0.717) is 29.0 Å². The molecule has 0 aliphatic heterocycles. The van der Waals surface area contributed by atoms with Gasteiger partial charge in [-0.15, -0.1) is 0 Å². The van der Waals surface area contributed by atoms with Gasteiger partial charge in [0.2, 0.25) is 5.91 Å². The highest BCUT2D eigenvalue weighted by Crippen LogP contribution is 2.12. The minimum atomic E-state index is -0.231. The molecule has 148 valence electrons. The van der Waals surface area contributed by atoms with E-state index in [0.717, 1.165) is 12.8 Å². The van der Waals surface area contributed by atoms with Gasteiger partial charge in [0.05, 0.1) is 6.54 Å². The van der Waals surface area contributed by atoms with E-state index >= 15 is 0 Å². The molecule has 0 heterocycles. The lowest BCUT2D eigenvalue weighted by atomic mass is 10.2. The molecule has 0 fully saturated rings. The van der Waals surface area contributed by atoms with Crippen molar-refractivity contribution in [3.8, 4) is 0 Å². The van der Waals surface area contributed by atoms with E-state index in [2.05, 4.69) is 28.2 Å². The molecule has 0 unspecified atom stereocenters. The monoisotopic (exact) mass is 382 g/mol. The Morgan fingerprint density at radius 3 is 2.32 bits per heavy atom. The van der Waals surface area contributed by atoms with Gasteiger partial charge in [-0.3, -0.25) is 14.4 Å². The summed E-state index contributed by atoms with van der Waals surface area (Å²) in [5.74, 6) is -0.540. The first-order valence-corrected chi connectivity index (χ1v) is 9.27. The van der Waals surface area contributed by atoms with Crippen molar-refractivity contribution < 1.29 is 14.4 Å². The first-order valence-electron chi connectivity index (χ1n) is 9.27. The first-order chi connectivity index (χ1) is 13.5. The van der Waals surface area contributed by atoms with E-state index in [4.69, 9.17) is 0 Å². The van der Waals surface area contributed by atoms with Crippen molar-refractivity contribution in [3.63, 3.8) is 0 Å². The van der Waals surface area contributed by atoms with Crippen molar-refractivity contribution in [2.75, 3.05) is 30.8 Å². The summed E-state index contributed by atoms with van der Waals surface area (Å²) < 4.78 is 0. The zero-order valence-corrected chi connectivity index (χ0v) is 16.2. The Hall–Kier alpha value is -3.35. The average molecular weight is 382 g/mol. The van der Waals surface area contributed by atoms with Crippen molar-refractivity contribution in [2.45, 2.75) is 19.8 Å². The van der Waals surface area contributed by atoms with Crippen LogP contribution in [-0.4, -0.2) is 37.9 Å². The summed E-state index contributed by atoms with van der Waals surface area (Å²) in [7, 11) is 1.57. The van der Waals surface area contributed by atoms with Crippen LogP contribution < -0.4 is 21.3 Å². The molecule has 0 bridgehead atoms. The fourth-order valence-corrected chi connectivity index (χ4v) is 2.49. The summed E-state index contributed by atoms with van der Waals surface area (Å²) in [4.78, 5) is 35.7. The maximum atomic E-state index is 12.1. The predicted molar refractivity (Wildman–Crippen MR) is 111 cm³/mol. The van der Waals surface area contributed by atoms with Gasteiger partial charge in [-0.1, -0.05) is 19.4 Å². The zero-order chi connectivity index (χ0) is 20.4. The molecule has 2 rings (SSSR count). The first kappa shape index (κ1) is 21.0. The Balaban J connectivity index is 1.84. The van der Waals surface area contributed by atoms with Gasteiger partial charge in [0.1, 0.15) is 0 Å². The maximum absolute atomic E-state index is 12.1. The Kier molecular flexibility index (Phi) is 8.02. The van der Waals surface area contributed by atoms with Crippen molar-refractivity contribution in [1.29, 1.82) is 0 Å². The van der Waals surface area contributed by atoms with Crippen LogP contribution in [0.1, 0.15) is 40.5 Å². The van der Waals surface area contributed by atoms with E-state index in [1.165, 1.54) is 0 Å². The van der Waals surface area contributed by atoms with Gasteiger partial charge in [-0.25, -0.2) is 0 Å². The third-order valence-electron chi connectivity index (χ3n) is 4.05. The molecule has 0 aromatic heterocycles. The van der Waals surface area contributed by atoms with Crippen LogP contribution in [0.2, 0.25) is 0 Å². The van der Waals surface area contributed by atoms with Crippen molar-refractivity contribution in [2.24, 2.45) is 0 Å². The molecule has 2 aromatic rings. The highest BCUT2D eigenvalue weighted by atomic mass is 16.2. The average Bonchev–Trinajstić information content (AvgIpc) is 2.72. The molecule has 2 aromatic carbocycles. The summed E-state index contributed by atoms with van der Waals surface area (Å²) in [6.45, 7) is 2.77. The van der Waals surface area contributed by atoms with E-state index < -0.39 is 0 Å². The van der Waals surface area contributed by atoms with Gasteiger partial charge in [-0.2, -0.15) is 0 Å². The number of benzene rings is 2. The maximum Gasteiger partial charge on any atom is 0.251 e. The number of hydrogen-bond donors (Lipinski definition) is 4. The Morgan fingerprint density at radius 2 is 1.64 bits per heavy atom. The zero-order valence-electron chi connectivity index (χ0n) is 16.2. The predicted octanol–water partition coefficient (Wildman–Crippen LogP) is 2.63. The van der Waals surface area contributed by atoms with E-state index in [1.807, 2.05) is 0 Å². The van der Waals surface area contributed by atoms with Gasteiger partial charge < -0.3 is 21.3 Å². The topological polar surface area (TPSA) is 99.3 Å². The lowest BCUT2D eigenvalue weighted by molar-refractivity contribution is -0.114. The van der Waals surface area contributed by atoms with Crippen LogP contribution in [0.3, 0.4) is 0 Å². The fraction of sp³-hybridized carbons (Fsp3) is 0.286. The van der Waals surface area contributed by atoms with Crippen molar-refractivity contribution in [3.05, 3.63) is 59.7 Å². The van der Waals surface area contributed by atoms with E-state index in [-0.39, 0.29) is 24.3 Å². The lowest BCUT2D eigenvalue weighted by Crippen LogP contribution is -2.24. The van der Waals surface area contributed by atoms with Crippen LogP contribution >= 0.6 is 0 Å². The summed E-state index contributed by atoms with van der Waals surface area (Å²) in [5, 5.41) is 11.2. The minimum Gasteiger partial charge on any atom is -0.376 e. The Morgan fingerprint density at radius 1 is 0.893 bits per heavy atom. The smallest absolute Gasteiger partial charge is 0.251 e. The molecule has 0 saturated carbocycles. The number of nitrogens with one attached hydrogen (secondary N) is 4. The quantitative estimate of drug-likeness (QED) is 0.501. The molecule has 0 aliphatic carbocycles. The number of carbonyl (C=O) groups is 3. The van der Waals surface area contributed by atoms with Crippen LogP contribution in [0.5, 0.6) is 0 Å². The number of unbranched alkanes of at least 4 members (excludes halogenated alkanes) is 1. The second-order valence-corrected chi connectivity index (χ2v) is 6.25. The number of amides is 3. The Bertz CT molecular complexity index is 819. The van der Waals surface area contributed by atoms with Crippen LogP contribution in [0.15, 0.2) is 48.5 Å². The molecule has 3 amide bonds. The lowest BCUT2D eigenvalue weighted by Gasteiger charge is -2.10. The van der Waals surface area contributed by atoms with Crippen LogP contribution in [-0.2, 0) is 4.79 Å². The SMILES string of the molecule is CCCCNC(=O)c1ccc(NC(=O)CNc2cccc(C(=O)NC)c2)cc1. The molecule has 0 spiro atoms. The van der Waals surface area contributed by atoms with Gasteiger partial charge >= 0.3 is 0 Å². The van der Waals surface area contributed by atoms with E-state index in [9.17, 15) is 14.4 Å². The van der Waals surface area contributed by atoms with Gasteiger partial charge in [0.15, 0.2) is 0 Å². The summed E-state index contributed by atoms with van der Waals surface area (Å²) in [5.41, 5.74) is 2.35. The third kappa shape index (κ3) is 6.42. The highest BCUT2D eigenvalue weighted by Gasteiger charge is 2.07. The van der Waals surface area contributed by atoms with Crippen LogP contribution in [0.25, 0.3) is 0 Å². The molecule has 7 nitrogen and oxygen atoms in total. The fourth-order valence-electron chi connectivity index (χ4n) is 2.49. The molecule has 28 heavy (non-hydrogen) atoms. The highest BCUT2D eigenvalue weighted by molar-refractivity contribution is 5.97.